The summed E-state index contributed by atoms with van der Waals surface area (Å²) in [4.78, 5) is 23.9. The van der Waals surface area contributed by atoms with Gasteiger partial charge in [0.2, 0.25) is 5.91 Å². The van der Waals surface area contributed by atoms with Gasteiger partial charge in [-0.2, -0.15) is 0 Å². The molecule has 112 valence electrons. The summed E-state index contributed by atoms with van der Waals surface area (Å²) >= 11 is 0. The number of carboxylic acid groups (broad SMARTS) is 1. The van der Waals surface area contributed by atoms with E-state index in [1.54, 1.807) is 31.4 Å². The number of nitrogens with zero attached hydrogens (tertiary/aromatic N) is 1. The van der Waals surface area contributed by atoms with Crippen molar-refractivity contribution >= 4 is 30.0 Å². The highest BCUT2D eigenvalue weighted by atomic mass is 35.5. The molecule has 0 spiro atoms. The Kier molecular flexibility index (Phi) is 8.35. The zero-order valence-electron chi connectivity index (χ0n) is 11.5. The zero-order chi connectivity index (χ0) is 14.3. The maximum absolute atomic E-state index is 11.8. The van der Waals surface area contributed by atoms with Crippen molar-refractivity contribution in [3.05, 3.63) is 24.3 Å². The number of hydrogen-bond donors (Lipinski definition) is 2. The molecule has 20 heavy (non-hydrogen) atoms. The van der Waals surface area contributed by atoms with Crippen LogP contribution in [0.25, 0.3) is 0 Å². The summed E-state index contributed by atoms with van der Waals surface area (Å²) in [6.07, 6.45) is 0. The largest absolute Gasteiger partial charge is 0.497 e. The standard InChI is InChI=1S/C13H18N2O4.ClH/c1-3-15(9-13(17)18)8-12(16)14-10-5-4-6-11(7-10)19-2;/h4-7H,3,8-9H2,1-2H3,(H,14,16)(H,17,18);1H. The maximum atomic E-state index is 11.8. The van der Waals surface area contributed by atoms with Crippen molar-refractivity contribution in [2.45, 2.75) is 6.92 Å². The first-order valence-corrected chi connectivity index (χ1v) is 5.93. The molecular formula is C13H19ClN2O4. The van der Waals surface area contributed by atoms with Gasteiger partial charge in [0.15, 0.2) is 0 Å². The molecule has 2 N–H and O–H groups in total. The van der Waals surface area contributed by atoms with Crippen molar-refractivity contribution in [2.75, 3.05) is 32.1 Å². The fourth-order valence-electron chi connectivity index (χ4n) is 1.58. The number of nitrogens with one attached hydrogen (secondary N) is 1. The Morgan fingerprint density at radius 1 is 1.35 bits per heavy atom. The van der Waals surface area contributed by atoms with Gasteiger partial charge in [0.25, 0.3) is 0 Å². The minimum atomic E-state index is -0.948. The van der Waals surface area contributed by atoms with E-state index in [-0.39, 0.29) is 31.4 Å². The van der Waals surface area contributed by atoms with Crippen molar-refractivity contribution in [3.63, 3.8) is 0 Å². The number of hydrogen-bond acceptors (Lipinski definition) is 4. The number of halogens is 1. The highest BCUT2D eigenvalue weighted by Crippen LogP contribution is 2.16. The lowest BCUT2D eigenvalue weighted by Crippen LogP contribution is -2.36. The van der Waals surface area contributed by atoms with E-state index in [4.69, 9.17) is 9.84 Å². The first-order chi connectivity index (χ1) is 9.05. The monoisotopic (exact) mass is 302 g/mol. The maximum Gasteiger partial charge on any atom is 0.317 e. The van der Waals surface area contributed by atoms with Gasteiger partial charge < -0.3 is 15.2 Å². The van der Waals surface area contributed by atoms with E-state index in [0.29, 0.717) is 18.0 Å². The predicted octanol–water partition coefficient (Wildman–Crippen LogP) is 1.46. The number of amides is 1. The van der Waals surface area contributed by atoms with Gasteiger partial charge in [0, 0.05) is 11.8 Å². The van der Waals surface area contributed by atoms with E-state index in [2.05, 4.69) is 5.32 Å². The van der Waals surface area contributed by atoms with Gasteiger partial charge in [-0.1, -0.05) is 13.0 Å². The normalized spacial score (nSPS) is 9.75. The first kappa shape index (κ1) is 18.2. The summed E-state index contributed by atoms with van der Waals surface area (Å²) in [7, 11) is 1.55. The molecule has 7 heteroatoms. The fourth-order valence-corrected chi connectivity index (χ4v) is 1.58. The molecule has 0 bridgehead atoms. The summed E-state index contributed by atoms with van der Waals surface area (Å²) in [5.74, 6) is -0.553. The Labute approximate surface area is 124 Å². The van der Waals surface area contributed by atoms with E-state index in [1.807, 2.05) is 6.92 Å². The van der Waals surface area contributed by atoms with Crippen LogP contribution in [0.4, 0.5) is 5.69 Å². The number of rotatable bonds is 7. The van der Waals surface area contributed by atoms with Gasteiger partial charge in [0.05, 0.1) is 20.2 Å². The van der Waals surface area contributed by atoms with Crippen LogP contribution in [0.15, 0.2) is 24.3 Å². The SMILES string of the molecule is CCN(CC(=O)O)CC(=O)Nc1cccc(OC)c1.Cl. The molecule has 0 saturated heterocycles. The van der Waals surface area contributed by atoms with Crippen LogP contribution >= 0.6 is 12.4 Å². The number of carbonyl (C=O) groups excluding carboxylic acids is 1. The Morgan fingerprint density at radius 3 is 2.60 bits per heavy atom. The second-order valence-electron chi connectivity index (χ2n) is 3.98. The zero-order valence-corrected chi connectivity index (χ0v) is 12.3. The molecule has 0 aliphatic carbocycles. The van der Waals surface area contributed by atoms with Crippen LogP contribution in [0.3, 0.4) is 0 Å². The summed E-state index contributed by atoms with van der Waals surface area (Å²) in [5.41, 5.74) is 0.621. The molecule has 1 rings (SSSR count). The second kappa shape index (κ2) is 9.17. The number of aliphatic carboxylic acids is 1. The quantitative estimate of drug-likeness (QED) is 0.797. The third-order valence-electron chi connectivity index (χ3n) is 2.53. The topological polar surface area (TPSA) is 78.9 Å². The van der Waals surface area contributed by atoms with Crippen LogP contribution < -0.4 is 10.1 Å². The molecule has 0 aliphatic heterocycles. The third-order valence-corrected chi connectivity index (χ3v) is 2.53. The van der Waals surface area contributed by atoms with Crippen LogP contribution in [-0.4, -0.2) is 48.6 Å². The molecule has 0 atom stereocenters. The van der Waals surface area contributed by atoms with Crippen molar-refractivity contribution in [1.82, 2.24) is 4.90 Å². The Bertz CT molecular complexity index is 454. The van der Waals surface area contributed by atoms with Crippen molar-refractivity contribution in [2.24, 2.45) is 0 Å². The fraction of sp³-hybridized carbons (Fsp3) is 0.385. The smallest absolute Gasteiger partial charge is 0.317 e. The molecular weight excluding hydrogens is 284 g/mol. The van der Waals surface area contributed by atoms with Gasteiger partial charge in [0.1, 0.15) is 5.75 Å². The first-order valence-electron chi connectivity index (χ1n) is 5.93. The summed E-state index contributed by atoms with van der Waals surface area (Å²) in [5, 5.41) is 11.4. The van der Waals surface area contributed by atoms with Gasteiger partial charge in [-0.05, 0) is 18.7 Å². The molecule has 1 aromatic carbocycles. The summed E-state index contributed by atoms with van der Waals surface area (Å²) in [6, 6.07) is 6.99. The van der Waals surface area contributed by atoms with Crippen molar-refractivity contribution in [1.29, 1.82) is 0 Å². The van der Waals surface area contributed by atoms with Crippen molar-refractivity contribution in [3.8, 4) is 5.75 Å². The van der Waals surface area contributed by atoms with Crippen LogP contribution in [0.5, 0.6) is 5.75 Å². The highest BCUT2D eigenvalue weighted by molar-refractivity contribution is 5.92. The lowest BCUT2D eigenvalue weighted by Gasteiger charge is -2.17. The van der Waals surface area contributed by atoms with Gasteiger partial charge >= 0.3 is 5.97 Å². The minimum Gasteiger partial charge on any atom is -0.497 e. The van der Waals surface area contributed by atoms with E-state index in [1.165, 1.54) is 4.90 Å². The Hall–Kier alpha value is -1.79. The lowest BCUT2D eigenvalue weighted by atomic mass is 10.3. The number of benzene rings is 1. The molecule has 0 heterocycles. The number of anilines is 1. The van der Waals surface area contributed by atoms with E-state index in [0.717, 1.165) is 0 Å². The van der Waals surface area contributed by atoms with Gasteiger partial charge in [-0.15, -0.1) is 12.4 Å². The number of carboxylic acids is 1. The molecule has 6 nitrogen and oxygen atoms in total. The van der Waals surface area contributed by atoms with Crippen LogP contribution in [0, 0.1) is 0 Å². The van der Waals surface area contributed by atoms with E-state index < -0.39 is 5.97 Å². The van der Waals surface area contributed by atoms with Crippen molar-refractivity contribution < 1.29 is 19.4 Å². The molecule has 1 aromatic rings. The highest BCUT2D eigenvalue weighted by Gasteiger charge is 2.12. The van der Waals surface area contributed by atoms with E-state index >= 15 is 0 Å². The van der Waals surface area contributed by atoms with E-state index in [9.17, 15) is 9.59 Å². The Morgan fingerprint density at radius 2 is 2.05 bits per heavy atom. The third kappa shape index (κ3) is 6.40. The Balaban J connectivity index is 0.00000361. The molecule has 0 saturated carbocycles. The molecule has 0 aliphatic rings. The average Bonchev–Trinajstić information content (AvgIpc) is 2.37. The molecule has 0 radical (unpaired) electrons. The van der Waals surface area contributed by atoms with Crippen LogP contribution in [0.2, 0.25) is 0 Å². The molecule has 1 amide bonds. The number of likely N-dealkylation sites (N-methyl/N-ethyl adjacent to an activating group) is 1. The van der Waals surface area contributed by atoms with Crippen LogP contribution in [-0.2, 0) is 9.59 Å². The lowest BCUT2D eigenvalue weighted by molar-refractivity contribution is -0.138. The molecule has 0 aromatic heterocycles. The summed E-state index contributed by atoms with van der Waals surface area (Å²) < 4.78 is 5.05. The molecule has 0 unspecified atom stereocenters. The van der Waals surface area contributed by atoms with Gasteiger partial charge in [-0.3, -0.25) is 14.5 Å². The minimum absolute atomic E-state index is 0. The van der Waals surface area contributed by atoms with Crippen LogP contribution in [0.1, 0.15) is 6.92 Å². The molecule has 0 fully saturated rings. The number of carbonyl (C=O) groups is 2. The summed E-state index contributed by atoms with van der Waals surface area (Å²) in [6.45, 7) is 2.20. The second-order valence-corrected chi connectivity index (χ2v) is 3.98. The number of methoxy groups -OCH3 is 1. The predicted molar refractivity (Wildman–Crippen MR) is 78.6 cm³/mol. The average molecular weight is 303 g/mol. The van der Waals surface area contributed by atoms with Gasteiger partial charge in [-0.25, -0.2) is 0 Å². The number of ether oxygens (including phenoxy) is 1.